The zero-order valence-electron chi connectivity index (χ0n) is 10.7. The lowest BCUT2D eigenvalue weighted by atomic mass is 9.81. The maximum absolute atomic E-state index is 5.71. The Morgan fingerprint density at radius 3 is 2.59 bits per heavy atom. The Hall–Kier alpha value is -1.22. The Balaban J connectivity index is 2.29. The van der Waals surface area contributed by atoms with Gasteiger partial charge in [0.1, 0.15) is 0 Å². The minimum atomic E-state index is 0.0828. The van der Waals surface area contributed by atoms with Crippen LogP contribution in [-0.4, -0.2) is 19.8 Å². The van der Waals surface area contributed by atoms with Crippen LogP contribution in [-0.2, 0) is 5.41 Å². The van der Waals surface area contributed by atoms with E-state index in [1.54, 1.807) is 0 Å². The topological polar surface area (TPSA) is 44.5 Å². The maximum Gasteiger partial charge on any atom is 0.161 e. The summed E-state index contributed by atoms with van der Waals surface area (Å²) in [6, 6.07) is 6.22. The van der Waals surface area contributed by atoms with Crippen molar-refractivity contribution in [3.8, 4) is 11.5 Å². The fraction of sp³-hybridized carbons (Fsp3) is 0.571. The molecule has 1 aliphatic rings. The molecule has 0 bridgehead atoms. The van der Waals surface area contributed by atoms with Crippen molar-refractivity contribution in [3.63, 3.8) is 0 Å². The molecule has 3 nitrogen and oxygen atoms in total. The van der Waals surface area contributed by atoms with Gasteiger partial charge in [0, 0.05) is 6.42 Å². The number of hydrogen-bond donors (Lipinski definition) is 1. The standard InChI is InChI=1S/C14H21NO2/c1-14(2,6-7-15)11-4-5-12-13(10-11)17-9-3-8-16-12/h4-5,10H,3,6-9,15H2,1-2H3. The number of hydrogen-bond acceptors (Lipinski definition) is 3. The molecular weight excluding hydrogens is 214 g/mol. The molecule has 0 aliphatic carbocycles. The van der Waals surface area contributed by atoms with Gasteiger partial charge in [0.15, 0.2) is 11.5 Å². The Kier molecular flexibility index (Phi) is 3.57. The molecule has 0 spiro atoms. The lowest BCUT2D eigenvalue weighted by Gasteiger charge is -2.25. The van der Waals surface area contributed by atoms with Gasteiger partial charge in [-0.1, -0.05) is 19.9 Å². The first-order chi connectivity index (χ1) is 8.13. The summed E-state index contributed by atoms with van der Waals surface area (Å²) >= 11 is 0. The molecule has 0 saturated heterocycles. The highest BCUT2D eigenvalue weighted by atomic mass is 16.5. The van der Waals surface area contributed by atoms with Crippen molar-refractivity contribution < 1.29 is 9.47 Å². The first kappa shape index (κ1) is 12.2. The van der Waals surface area contributed by atoms with Crippen LogP contribution in [0.1, 0.15) is 32.3 Å². The van der Waals surface area contributed by atoms with Crippen LogP contribution >= 0.6 is 0 Å². The summed E-state index contributed by atoms with van der Waals surface area (Å²) in [6.45, 7) is 6.58. The maximum atomic E-state index is 5.71. The summed E-state index contributed by atoms with van der Waals surface area (Å²) in [5, 5.41) is 0. The molecule has 2 N–H and O–H groups in total. The summed E-state index contributed by atoms with van der Waals surface area (Å²) in [4.78, 5) is 0. The Morgan fingerprint density at radius 2 is 1.88 bits per heavy atom. The van der Waals surface area contributed by atoms with Gasteiger partial charge in [-0.05, 0) is 36.1 Å². The third kappa shape index (κ3) is 2.72. The van der Waals surface area contributed by atoms with Crippen LogP contribution in [0.2, 0.25) is 0 Å². The number of ether oxygens (including phenoxy) is 2. The Labute approximate surface area is 103 Å². The first-order valence-corrected chi connectivity index (χ1v) is 6.24. The smallest absolute Gasteiger partial charge is 0.161 e. The van der Waals surface area contributed by atoms with E-state index >= 15 is 0 Å². The number of benzene rings is 1. The second-order valence-corrected chi connectivity index (χ2v) is 5.13. The Morgan fingerprint density at radius 1 is 1.18 bits per heavy atom. The average molecular weight is 235 g/mol. The molecule has 3 heteroatoms. The van der Waals surface area contributed by atoms with Gasteiger partial charge in [-0.25, -0.2) is 0 Å². The van der Waals surface area contributed by atoms with Crippen molar-refractivity contribution >= 4 is 0 Å². The lowest BCUT2D eigenvalue weighted by Crippen LogP contribution is -2.21. The quantitative estimate of drug-likeness (QED) is 0.875. The van der Waals surface area contributed by atoms with Crippen molar-refractivity contribution in [1.82, 2.24) is 0 Å². The van der Waals surface area contributed by atoms with E-state index in [0.717, 1.165) is 37.6 Å². The van der Waals surface area contributed by atoms with Crippen LogP contribution in [0, 0.1) is 0 Å². The highest BCUT2D eigenvalue weighted by Crippen LogP contribution is 2.35. The van der Waals surface area contributed by atoms with E-state index in [1.807, 2.05) is 6.07 Å². The first-order valence-electron chi connectivity index (χ1n) is 6.24. The average Bonchev–Trinajstić information content (AvgIpc) is 2.52. The van der Waals surface area contributed by atoms with Gasteiger partial charge in [0.25, 0.3) is 0 Å². The van der Waals surface area contributed by atoms with Gasteiger partial charge < -0.3 is 15.2 Å². The van der Waals surface area contributed by atoms with E-state index in [1.165, 1.54) is 5.56 Å². The van der Waals surface area contributed by atoms with Gasteiger partial charge in [-0.3, -0.25) is 0 Å². The van der Waals surface area contributed by atoms with E-state index in [0.29, 0.717) is 6.54 Å². The van der Waals surface area contributed by atoms with Crippen LogP contribution in [0.5, 0.6) is 11.5 Å². The van der Waals surface area contributed by atoms with Crippen molar-refractivity contribution in [2.75, 3.05) is 19.8 Å². The largest absolute Gasteiger partial charge is 0.490 e. The third-order valence-electron chi connectivity index (χ3n) is 3.30. The minimum Gasteiger partial charge on any atom is -0.490 e. The highest BCUT2D eigenvalue weighted by Gasteiger charge is 2.22. The molecule has 94 valence electrons. The fourth-order valence-corrected chi connectivity index (χ4v) is 2.09. The molecule has 1 aliphatic heterocycles. The number of fused-ring (bicyclic) bond motifs is 1. The summed E-state index contributed by atoms with van der Waals surface area (Å²) in [6.07, 6.45) is 1.91. The predicted octanol–water partition coefficient (Wildman–Crippen LogP) is 2.47. The second kappa shape index (κ2) is 4.96. The van der Waals surface area contributed by atoms with E-state index in [4.69, 9.17) is 15.2 Å². The number of nitrogens with two attached hydrogens (primary N) is 1. The fourth-order valence-electron chi connectivity index (χ4n) is 2.09. The predicted molar refractivity (Wildman–Crippen MR) is 68.7 cm³/mol. The summed E-state index contributed by atoms with van der Waals surface area (Å²) in [5.41, 5.74) is 7.00. The van der Waals surface area contributed by atoms with Crippen molar-refractivity contribution in [1.29, 1.82) is 0 Å². The molecule has 1 heterocycles. The van der Waals surface area contributed by atoms with Gasteiger partial charge >= 0.3 is 0 Å². The van der Waals surface area contributed by atoms with Crippen LogP contribution in [0.15, 0.2) is 18.2 Å². The normalized spacial score (nSPS) is 15.5. The van der Waals surface area contributed by atoms with Gasteiger partial charge in [0.05, 0.1) is 13.2 Å². The number of rotatable bonds is 3. The molecule has 0 amide bonds. The van der Waals surface area contributed by atoms with Crippen LogP contribution in [0.3, 0.4) is 0 Å². The zero-order valence-corrected chi connectivity index (χ0v) is 10.7. The summed E-state index contributed by atoms with van der Waals surface area (Å²) in [7, 11) is 0. The van der Waals surface area contributed by atoms with Gasteiger partial charge in [-0.15, -0.1) is 0 Å². The van der Waals surface area contributed by atoms with Gasteiger partial charge in [0.2, 0.25) is 0 Å². The van der Waals surface area contributed by atoms with Crippen LogP contribution < -0.4 is 15.2 Å². The monoisotopic (exact) mass is 235 g/mol. The van der Waals surface area contributed by atoms with Crippen molar-refractivity contribution in [2.45, 2.75) is 32.1 Å². The van der Waals surface area contributed by atoms with Gasteiger partial charge in [-0.2, -0.15) is 0 Å². The van der Waals surface area contributed by atoms with Crippen molar-refractivity contribution in [2.24, 2.45) is 5.73 Å². The molecule has 0 saturated carbocycles. The zero-order chi connectivity index (χ0) is 12.3. The van der Waals surface area contributed by atoms with E-state index in [-0.39, 0.29) is 5.41 Å². The molecule has 1 aromatic rings. The lowest BCUT2D eigenvalue weighted by molar-refractivity contribution is 0.296. The molecule has 1 aromatic carbocycles. The molecule has 0 atom stereocenters. The minimum absolute atomic E-state index is 0.0828. The molecule has 2 rings (SSSR count). The Bertz CT molecular complexity index is 388. The third-order valence-corrected chi connectivity index (χ3v) is 3.30. The van der Waals surface area contributed by atoms with E-state index in [2.05, 4.69) is 26.0 Å². The molecule has 0 fully saturated rings. The molecule has 17 heavy (non-hydrogen) atoms. The van der Waals surface area contributed by atoms with E-state index < -0.39 is 0 Å². The molecular formula is C14H21NO2. The van der Waals surface area contributed by atoms with Crippen LogP contribution in [0.4, 0.5) is 0 Å². The van der Waals surface area contributed by atoms with Crippen molar-refractivity contribution in [3.05, 3.63) is 23.8 Å². The highest BCUT2D eigenvalue weighted by molar-refractivity contribution is 5.45. The van der Waals surface area contributed by atoms with E-state index in [9.17, 15) is 0 Å². The molecule has 0 radical (unpaired) electrons. The molecule has 0 unspecified atom stereocenters. The SMILES string of the molecule is CC(C)(CCN)c1ccc2c(c1)OCCCO2. The summed E-state index contributed by atoms with van der Waals surface area (Å²) in [5.74, 6) is 1.72. The molecule has 0 aromatic heterocycles. The summed E-state index contributed by atoms with van der Waals surface area (Å²) < 4.78 is 11.3. The van der Waals surface area contributed by atoms with Crippen LogP contribution in [0.25, 0.3) is 0 Å². The second-order valence-electron chi connectivity index (χ2n) is 5.13.